The molecule has 0 radical (unpaired) electrons. The van der Waals surface area contributed by atoms with Gasteiger partial charge in [-0.1, -0.05) is 30.9 Å². The minimum atomic E-state index is -0.313. The third-order valence-electron chi connectivity index (χ3n) is 1.20. The first kappa shape index (κ1) is 9.69. The number of amides is 1. The summed E-state index contributed by atoms with van der Waals surface area (Å²) in [5, 5.41) is 0. The minimum absolute atomic E-state index is 0.292. The predicted octanol–water partition coefficient (Wildman–Crippen LogP) is 1.55. The molecule has 0 aliphatic heterocycles. The van der Waals surface area contributed by atoms with Gasteiger partial charge >= 0.3 is 0 Å². The summed E-state index contributed by atoms with van der Waals surface area (Å²) >= 11 is 0. The first-order valence-corrected chi connectivity index (χ1v) is 3.43. The van der Waals surface area contributed by atoms with Crippen LogP contribution < -0.4 is 5.73 Å². The van der Waals surface area contributed by atoms with Crippen molar-refractivity contribution >= 4 is 5.91 Å². The fraction of sp³-hybridized carbons (Fsp3) is 0.222. The SMILES string of the molecule is C=C/C=C\C(=C/C)CC(N)=O. The van der Waals surface area contributed by atoms with Crippen molar-refractivity contribution in [1.82, 2.24) is 0 Å². The van der Waals surface area contributed by atoms with Crippen LogP contribution in [0.5, 0.6) is 0 Å². The van der Waals surface area contributed by atoms with Gasteiger partial charge in [-0.3, -0.25) is 4.79 Å². The summed E-state index contributed by atoms with van der Waals surface area (Å²) in [4.78, 5) is 10.5. The molecule has 0 aliphatic rings. The Morgan fingerprint density at radius 2 is 2.27 bits per heavy atom. The number of allylic oxidation sites excluding steroid dienone is 4. The van der Waals surface area contributed by atoms with Gasteiger partial charge in [0.05, 0.1) is 6.42 Å². The first-order valence-electron chi connectivity index (χ1n) is 3.43. The van der Waals surface area contributed by atoms with Crippen LogP contribution in [-0.4, -0.2) is 5.91 Å². The van der Waals surface area contributed by atoms with Crippen molar-refractivity contribution < 1.29 is 4.79 Å². The van der Waals surface area contributed by atoms with Crippen molar-refractivity contribution in [2.24, 2.45) is 5.73 Å². The van der Waals surface area contributed by atoms with Gasteiger partial charge in [-0.05, 0) is 12.5 Å². The lowest BCUT2D eigenvalue weighted by Gasteiger charge is -1.94. The standard InChI is InChI=1S/C9H13NO/c1-3-5-6-8(4-2)7-9(10)11/h3-6H,1,7H2,2H3,(H2,10,11)/b6-5-,8-4+. The number of rotatable bonds is 4. The third-order valence-corrected chi connectivity index (χ3v) is 1.20. The summed E-state index contributed by atoms with van der Waals surface area (Å²) in [5.74, 6) is -0.313. The molecule has 0 aromatic carbocycles. The highest BCUT2D eigenvalue weighted by atomic mass is 16.1. The quantitative estimate of drug-likeness (QED) is 0.608. The maximum atomic E-state index is 10.5. The van der Waals surface area contributed by atoms with Crippen molar-refractivity contribution in [2.75, 3.05) is 0 Å². The average molecular weight is 151 g/mol. The minimum Gasteiger partial charge on any atom is -0.369 e. The van der Waals surface area contributed by atoms with Gasteiger partial charge in [-0.2, -0.15) is 0 Å². The molecule has 0 saturated carbocycles. The molecule has 0 fully saturated rings. The highest BCUT2D eigenvalue weighted by molar-refractivity contribution is 5.77. The monoisotopic (exact) mass is 151 g/mol. The molecule has 0 aromatic heterocycles. The van der Waals surface area contributed by atoms with Crippen molar-refractivity contribution in [3.63, 3.8) is 0 Å². The normalized spacial score (nSPS) is 11.9. The van der Waals surface area contributed by atoms with E-state index in [1.165, 1.54) is 0 Å². The van der Waals surface area contributed by atoms with Gasteiger partial charge in [0.25, 0.3) is 0 Å². The van der Waals surface area contributed by atoms with E-state index >= 15 is 0 Å². The number of carbonyl (C=O) groups is 1. The average Bonchev–Trinajstić information content (AvgIpc) is 1.97. The second-order valence-electron chi connectivity index (χ2n) is 2.10. The van der Waals surface area contributed by atoms with Gasteiger partial charge in [-0.15, -0.1) is 0 Å². The Hall–Kier alpha value is -1.31. The molecular weight excluding hydrogens is 138 g/mol. The van der Waals surface area contributed by atoms with Gasteiger partial charge in [0.2, 0.25) is 5.91 Å². The Morgan fingerprint density at radius 3 is 2.64 bits per heavy atom. The Labute approximate surface area is 67.1 Å². The highest BCUT2D eigenvalue weighted by Gasteiger charge is 1.95. The third kappa shape index (κ3) is 5.15. The fourth-order valence-corrected chi connectivity index (χ4v) is 0.650. The van der Waals surface area contributed by atoms with Crippen molar-refractivity contribution in [1.29, 1.82) is 0 Å². The van der Waals surface area contributed by atoms with E-state index in [0.717, 1.165) is 5.57 Å². The lowest BCUT2D eigenvalue weighted by Crippen LogP contribution is -2.10. The molecular formula is C9H13NO. The Morgan fingerprint density at radius 1 is 1.64 bits per heavy atom. The van der Waals surface area contributed by atoms with Crippen LogP contribution in [0.1, 0.15) is 13.3 Å². The van der Waals surface area contributed by atoms with Crippen LogP contribution in [-0.2, 0) is 4.79 Å². The Balaban J connectivity index is 4.08. The van der Waals surface area contributed by atoms with Crippen molar-refractivity contribution in [3.05, 3.63) is 36.5 Å². The zero-order valence-corrected chi connectivity index (χ0v) is 6.71. The fourth-order valence-electron chi connectivity index (χ4n) is 0.650. The number of primary amides is 1. The summed E-state index contributed by atoms with van der Waals surface area (Å²) < 4.78 is 0. The van der Waals surface area contributed by atoms with Crippen LogP contribution in [0.3, 0.4) is 0 Å². The van der Waals surface area contributed by atoms with E-state index < -0.39 is 0 Å². The van der Waals surface area contributed by atoms with E-state index in [9.17, 15) is 4.79 Å². The van der Waals surface area contributed by atoms with E-state index in [2.05, 4.69) is 6.58 Å². The molecule has 0 unspecified atom stereocenters. The Bertz CT molecular complexity index is 202. The van der Waals surface area contributed by atoms with Crippen LogP contribution in [0.15, 0.2) is 36.5 Å². The Kier molecular flexibility index (Phi) is 4.82. The van der Waals surface area contributed by atoms with E-state index in [-0.39, 0.29) is 5.91 Å². The van der Waals surface area contributed by atoms with E-state index in [1.54, 1.807) is 12.2 Å². The molecule has 60 valence electrons. The zero-order valence-electron chi connectivity index (χ0n) is 6.71. The molecule has 0 rings (SSSR count). The molecule has 2 nitrogen and oxygen atoms in total. The van der Waals surface area contributed by atoms with Crippen LogP contribution >= 0.6 is 0 Å². The highest BCUT2D eigenvalue weighted by Crippen LogP contribution is 2.01. The van der Waals surface area contributed by atoms with Crippen LogP contribution in [0, 0.1) is 0 Å². The largest absolute Gasteiger partial charge is 0.369 e. The predicted molar refractivity (Wildman–Crippen MR) is 46.9 cm³/mol. The summed E-state index contributed by atoms with van der Waals surface area (Å²) in [5.41, 5.74) is 5.92. The number of hydrogen-bond acceptors (Lipinski definition) is 1. The van der Waals surface area contributed by atoms with Gasteiger partial charge in [0.1, 0.15) is 0 Å². The van der Waals surface area contributed by atoms with Gasteiger partial charge < -0.3 is 5.73 Å². The van der Waals surface area contributed by atoms with Gasteiger partial charge in [0.15, 0.2) is 0 Å². The molecule has 2 heteroatoms. The molecule has 0 spiro atoms. The number of carbonyl (C=O) groups excluding carboxylic acids is 1. The summed E-state index contributed by atoms with van der Waals surface area (Å²) in [7, 11) is 0. The topological polar surface area (TPSA) is 43.1 Å². The molecule has 11 heavy (non-hydrogen) atoms. The first-order chi connectivity index (χ1) is 5.20. The molecule has 0 aromatic rings. The molecule has 0 bridgehead atoms. The molecule has 2 N–H and O–H groups in total. The van der Waals surface area contributed by atoms with Gasteiger partial charge in [-0.25, -0.2) is 0 Å². The second-order valence-corrected chi connectivity index (χ2v) is 2.10. The molecule has 0 aliphatic carbocycles. The van der Waals surface area contributed by atoms with Crippen LogP contribution in [0.4, 0.5) is 0 Å². The van der Waals surface area contributed by atoms with Crippen LogP contribution in [0.2, 0.25) is 0 Å². The maximum Gasteiger partial charge on any atom is 0.221 e. The lowest BCUT2D eigenvalue weighted by molar-refractivity contribution is -0.117. The van der Waals surface area contributed by atoms with Crippen LogP contribution in [0.25, 0.3) is 0 Å². The van der Waals surface area contributed by atoms with Gasteiger partial charge in [0, 0.05) is 0 Å². The lowest BCUT2D eigenvalue weighted by atomic mass is 10.1. The summed E-state index contributed by atoms with van der Waals surface area (Å²) in [6.07, 6.45) is 7.39. The van der Waals surface area contributed by atoms with Crippen molar-refractivity contribution in [2.45, 2.75) is 13.3 Å². The van der Waals surface area contributed by atoms with E-state index in [0.29, 0.717) is 6.42 Å². The zero-order chi connectivity index (χ0) is 8.69. The number of hydrogen-bond donors (Lipinski definition) is 1. The molecule has 0 saturated heterocycles. The smallest absolute Gasteiger partial charge is 0.221 e. The number of nitrogens with two attached hydrogens (primary N) is 1. The maximum absolute atomic E-state index is 10.5. The second kappa shape index (κ2) is 5.47. The summed E-state index contributed by atoms with van der Waals surface area (Å²) in [6, 6.07) is 0. The molecule has 1 amide bonds. The summed E-state index contributed by atoms with van der Waals surface area (Å²) in [6.45, 7) is 5.38. The molecule has 0 atom stereocenters. The van der Waals surface area contributed by atoms with E-state index in [4.69, 9.17) is 5.73 Å². The van der Waals surface area contributed by atoms with Crippen molar-refractivity contribution in [3.8, 4) is 0 Å². The molecule has 0 heterocycles. The van der Waals surface area contributed by atoms with E-state index in [1.807, 2.05) is 19.1 Å².